The molecule has 2 nitrogen and oxygen atoms in total. The van der Waals surface area contributed by atoms with Gasteiger partial charge in [-0.05, 0) is 23.8 Å². The van der Waals surface area contributed by atoms with Crippen LogP contribution in [0.15, 0.2) is 17.5 Å². The summed E-state index contributed by atoms with van der Waals surface area (Å²) in [5.74, 6) is 1.36. The zero-order valence-corrected chi connectivity index (χ0v) is 10.7. The van der Waals surface area contributed by atoms with Crippen molar-refractivity contribution in [2.45, 2.75) is 20.3 Å². The summed E-state index contributed by atoms with van der Waals surface area (Å²) in [5, 5.41) is 1.87. The van der Waals surface area contributed by atoms with Crippen LogP contribution in [0.1, 0.15) is 29.9 Å². The highest BCUT2D eigenvalue weighted by Crippen LogP contribution is 2.10. The van der Waals surface area contributed by atoms with E-state index < -0.39 is 10.8 Å². The minimum Gasteiger partial charge on any atom is -0.292 e. The molecule has 15 heavy (non-hydrogen) atoms. The molecule has 0 aliphatic rings. The van der Waals surface area contributed by atoms with Crippen molar-refractivity contribution in [2.24, 2.45) is 5.92 Å². The van der Waals surface area contributed by atoms with Gasteiger partial charge in [0.1, 0.15) is 0 Å². The van der Waals surface area contributed by atoms with E-state index >= 15 is 0 Å². The molecule has 0 spiro atoms. The SMILES string of the molecule is CC(C)CCS(=O)CC(=O)c1cccs1. The normalized spacial score (nSPS) is 13.0. The van der Waals surface area contributed by atoms with Gasteiger partial charge in [0.2, 0.25) is 0 Å². The lowest BCUT2D eigenvalue weighted by Gasteiger charge is -2.03. The van der Waals surface area contributed by atoms with Crippen LogP contribution in [-0.4, -0.2) is 21.5 Å². The fourth-order valence-electron chi connectivity index (χ4n) is 1.09. The lowest BCUT2D eigenvalue weighted by Crippen LogP contribution is -2.13. The number of rotatable bonds is 6. The second kappa shape index (κ2) is 6.18. The van der Waals surface area contributed by atoms with Gasteiger partial charge in [0.05, 0.1) is 10.6 Å². The summed E-state index contributed by atoms with van der Waals surface area (Å²) >= 11 is 1.41. The van der Waals surface area contributed by atoms with Crippen LogP contribution < -0.4 is 0 Å². The van der Waals surface area contributed by atoms with E-state index in [0.29, 0.717) is 16.5 Å². The molecule has 1 aromatic heterocycles. The van der Waals surface area contributed by atoms with Gasteiger partial charge in [0.25, 0.3) is 0 Å². The maximum atomic E-state index is 11.6. The maximum Gasteiger partial charge on any atom is 0.185 e. The summed E-state index contributed by atoms with van der Waals surface area (Å²) in [6, 6.07) is 3.63. The molecule has 1 heterocycles. The second-order valence-electron chi connectivity index (χ2n) is 3.87. The zero-order valence-electron chi connectivity index (χ0n) is 9.06. The molecule has 0 aromatic carbocycles. The van der Waals surface area contributed by atoms with Gasteiger partial charge in [-0.25, -0.2) is 0 Å². The van der Waals surface area contributed by atoms with Crippen molar-refractivity contribution in [3.8, 4) is 0 Å². The molecule has 0 saturated heterocycles. The first kappa shape index (κ1) is 12.6. The zero-order chi connectivity index (χ0) is 11.3. The Bertz CT molecular complexity index is 328. The molecule has 0 fully saturated rings. The molecule has 0 saturated carbocycles. The van der Waals surface area contributed by atoms with Crippen LogP contribution in [0.5, 0.6) is 0 Å². The number of thiophene rings is 1. The fraction of sp³-hybridized carbons (Fsp3) is 0.545. The number of hydrogen-bond acceptors (Lipinski definition) is 3. The summed E-state index contributed by atoms with van der Waals surface area (Å²) in [6.45, 7) is 4.19. The van der Waals surface area contributed by atoms with Gasteiger partial charge in [0.15, 0.2) is 5.78 Å². The van der Waals surface area contributed by atoms with Gasteiger partial charge in [-0.1, -0.05) is 19.9 Å². The molecule has 84 valence electrons. The van der Waals surface area contributed by atoms with Crippen LogP contribution in [0.4, 0.5) is 0 Å². The maximum absolute atomic E-state index is 11.6. The van der Waals surface area contributed by atoms with Crippen LogP contribution in [-0.2, 0) is 10.8 Å². The van der Waals surface area contributed by atoms with Gasteiger partial charge < -0.3 is 0 Å². The van der Waals surface area contributed by atoms with Crippen molar-refractivity contribution in [1.82, 2.24) is 0 Å². The molecule has 0 amide bonds. The van der Waals surface area contributed by atoms with E-state index in [1.54, 1.807) is 6.07 Å². The van der Waals surface area contributed by atoms with Crippen molar-refractivity contribution in [2.75, 3.05) is 11.5 Å². The molecule has 0 radical (unpaired) electrons. The minimum atomic E-state index is -0.998. The third kappa shape index (κ3) is 4.71. The van der Waals surface area contributed by atoms with E-state index in [2.05, 4.69) is 13.8 Å². The van der Waals surface area contributed by atoms with Crippen molar-refractivity contribution in [3.63, 3.8) is 0 Å². The van der Waals surface area contributed by atoms with Gasteiger partial charge in [0, 0.05) is 16.6 Å². The largest absolute Gasteiger partial charge is 0.292 e. The van der Waals surface area contributed by atoms with Crippen LogP contribution in [0, 0.1) is 5.92 Å². The van der Waals surface area contributed by atoms with Crippen LogP contribution in [0.25, 0.3) is 0 Å². The Labute approximate surface area is 97.2 Å². The van der Waals surface area contributed by atoms with Gasteiger partial charge >= 0.3 is 0 Å². The van der Waals surface area contributed by atoms with Crippen LogP contribution in [0.3, 0.4) is 0 Å². The van der Waals surface area contributed by atoms with Gasteiger partial charge in [-0.2, -0.15) is 0 Å². The Kier molecular flexibility index (Phi) is 5.19. The quantitative estimate of drug-likeness (QED) is 0.721. The third-order valence-electron chi connectivity index (χ3n) is 2.01. The molecule has 0 aliphatic heterocycles. The van der Waals surface area contributed by atoms with E-state index in [4.69, 9.17) is 0 Å². The lowest BCUT2D eigenvalue weighted by molar-refractivity contribution is 0.102. The molecular formula is C11H16O2S2. The summed E-state index contributed by atoms with van der Waals surface area (Å²) in [4.78, 5) is 12.3. The lowest BCUT2D eigenvalue weighted by atomic mass is 10.2. The predicted molar refractivity (Wildman–Crippen MR) is 66.0 cm³/mol. The van der Waals surface area contributed by atoms with Crippen LogP contribution >= 0.6 is 11.3 Å². The van der Waals surface area contributed by atoms with Crippen LogP contribution in [0.2, 0.25) is 0 Å². The summed E-state index contributed by atoms with van der Waals surface area (Å²) in [7, 11) is -0.998. The Hall–Kier alpha value is -0.480. The van der Waals surface area contributed by atoms with Gasteiger partial charge in [-0.3, -0.25) is 9.00 Å². The first-order valence-corrected chi connectivity index (χ1v) is 7.38. The highest BCUT2D eigenvalue weighted by atomic mass is 32.2. The highest BCUT2D eigenvalue weighted by Gasteiger charge is 2.11. The smallest absolute Gasteiger partial charge is 0.185 e. The molecule has 0 N–H and O–H groups in total. The number of carbonyl (C=O) groups is 1. The molecule has 1 aromatic rings. The molecule has 1 unspecified atom stereocenters. The Balaban J connectivity index is 2.36. The number of carbonyl (C=O) groups excluding carboxylic acids is 1. The van der Waals surface area contributed by atoms with Crippen molar-refractivity contribution in [1.29, 1.82) is 0 Å². The minimum absolute atomic E-state index is 0.00656. The van der Waals surface area contributed by atoms with Crippen molar-refractivity contribution in [3.05, 3.63) is 22.4 Å². The number of hydrogen-bond donors (Lipinski definition) is 0. The molecule has 1 rings (SSSR count). The summed E-state index contributed by atoms with van der Waals surface area (Å²) in [5.41, 5.74) is 0. The van der Waals surface area contributed by atoms with E-state index in [1.165, 1.54) is 11.3 Å². The van der Waals surface area contributed by atoms with Crippen molar-refractivity contribution < 1.29 is 9.00 Å². The van der Waals surface area contributed by atoms with E-state index in [-0.39, 0.29) is 11.5 Å². The third-order valence-corrected chi connectivity index (χ3v) is 4.20. The average Bonchev–Trinajstić information content (AvgIpc) is 2.67. The Morgan fingerprint density at radius 3 is 2.80 bits per heavy atom. The number of Topliss-reactive ketones (excluding diaryl/α,β-unsaturated/α-hetero) is 1. The van der Waals surface area contributed by atoms with Gasteiger partial charge in [-0.15, -0.1) is 11.3 Å². The molecule has 0 aliphatic carbocycles. The summed E-state index contributed by atoms with van der Waals surface area (Å²) < 4.78 is 11.5. The standard InChI is InChI=1S/C11H16O2S2/c1-9(2)5-7-15(13)8-10(12)11-4-3-6-14-11/h3-4,6,9H,5,7-8H2,1-2H3. The highest BCUT2D eigenvalue weighted by molar-refractivity contribution is 7.85. The molecule has 0 bridgehead atoms. The number of ketones is 1. The second-order valence-corrected chi connectivity index (χ2v) is 6.40. The van der Waals surface area contributed by atoms with Crippen molar-refractivity contribution >= 4 is 27.9 Å². The molecular weight excluding hydrogens is 228 g/mol. The fourth-order valence-corrected chi connectivity index (χ4v) is 3.18. The topological polar surface area (TPSA) is 34.1 Å². The predicted octanol–water partition coefficient (Wildman–Crippen LogP) is 2.73. The first-order valence-electron chi connectivity index (χ1n) is 5.01. The summed E-state index contributed by atoms with van der Waals surface area (Å²) in [6.07, 6.45) is 0.921. The van der Waals surface area contributed by atoms with E-state index in [9.17, 15) is 9.00 Å². The monoisotopic (exact) mass is 244 g/mol. The average molecular weight is 244 g/mol. The Morgan fingerprint density at radius 1 is 1.53 bits per heavy atom. The Morgan fingerprint density at radius 2 is 2.27 bits per heavy atom. The molecule has 4 heteroatoms. The molecule has 1 atom stereocenters. The van der Waals surface area contributed by atoms with E-state index in [0.717, 1.165) is 6.42 Å². The first-order chi connectivity index (χ1) is 7.09. The van der Waals surface area contributed by atoms with E-state index in [1.807, 2.05) is 11.4 Å².